The van der Waals surface area contributed by atoms with Crippen LogP contribution in [0.1, 0.15) is 45.4 Å². The van der Waals surface area contributed by atoms with Gasteiger partial charge in [-0.1, -0.05) is 25.7 Å². The van der Waals surface area contributed by atoms with Crippen LogP contribution in [0.25, 0.3) is 0 Å². The van der Waals surface area contributed by atoms with Gasteiger partial charge in [0.05, 0.1) is 5.25 Å². The van der Waals surface area contributed by atoms with Gasteiger partial charge < -0.3 is 0 Å². The Morgan fingerprint density at radius 3 is 2.00 bits per heavy atom. The summed E-state index contributed by atoms with van der Waals surface area (Å²) in [5, 5.41) is -0.578. The molecule has 13 heavy (non-hydrogen) atoms. The molecule has 0 bridgehead atoms. The fourth-order valence-corrected chi connectivity index (χ4v) is 2.78. The first-order valence-corrected chi connectivity index (χ1v) is 6.48. The number of hydrogen-bond acceptors (Lipinski definition) is 2. The molecule has 1 fully saturated rings. The molecule has 1 aliphatic carbocycles. The maximum absolute atomic E-state index is 10.9. The van der Waals surface area contributed by atoms with Crippen molar-refractivity contribution in [3.63, 3.8) is 0 Å². The molecule has 0 aromatic rings. The average Bonchev–Trinajstić information content (AvgIpc) is 2.28. The highest BCUT2D eigenvalue weighted by Crippen LogP contribution is 2.28. The Labute approximate surface area is 80.3 Å². The van der Waals surface area contributed by atoms with Gasteiger partial charge in [0.2, 0.25) is 0 Å². The quantitative estimate of drug-likeness (QED) is 0.557. The molecule has 1 atom stereocenters. The van der Waals surface area contributed by atoms with Gasteiger partial charge in [-0.3, -0.25) is 4.55 Å². The van der Waals surface area contributed by atoms with E-state index in [-0.39, 0.29) is 5.92 Å². The largest absolute Gasteiger partial charge is 0.285 e. The number of hydrogen-bond donors (Lipinski definition) is 1. The van der Waals surface area contributed by atoms with Crippen molar-refractivity contribution < 1.29 is 13.0 Å². The third kappa shape index (κ3) is 3.27. The van der Waals surface area contributed by atoms with E-state index >= 15 is 0 Å². The van der Waals surface area contributed by atoms with Crippen molar-refractivity contribution in [3.05, 3.63) is 0 Å². The van der Waals surface area contributed by atoms with Gasteiger partial charge in [0, 0.05) is 0 Å². The van der Waals surface area contributed by atoms with Crippen LogP contribution in [0, 0.1) is 5.92 Å². The van der Waals surface area contributed by atoms with Crippen LogP contribution in [0.15, 0.2) is 0 Å². The van der Waals surface area contributed by atoms with E-state index in [0.29, 0.717) is 0 Å². The fourth-order valence-electron chi connectivity index (χ4n) is 2.02. The highest BCUT2D eigenvalue weighted by Gasteiger charge is 2.27. The highest BCUT2D eigenvalue weighted by atomic mass is 32.2. The van der Waals surface area contributed by atoms with Crippen molar-refractivity contribution in [3.8, 4) is 0 Å². The second-order valence-electron chi connectivity index (χ2n) is 3.97. The minimum Gasteiger partial charge on any atom is -0.285 e. The first-order valence-electron chi connectivity index (χ1n) is 4.98. The van der Waals surface area contributed by atoms with E-state index in [1.54, 1.807) is 6.92 Å². The summed E-state index contributed by atoms with van der Waals surface area (Å²) in [5.41, 5.74) is 0. The van der Waals surface area contributed by atoms with Crippen molar-refractivity contribution in [1.29, 1.82) is 0 Å². The first kappa shape index (κ1) is 11.0. The summed E-state index contributed by atoms with van der Waals surface area (Å²) >= 11 is 0. The Morgan fingerprint density at radius 1 is 1.15 bits per heavy atom. The molecule has 4 heteroatoms. The van der Waals surface area contributed by atoms with Gasteiger partial charge in [0.25, 0.3) is 10.1 Å². The molecule has 0 aliphatic heterocycles. The van der Waals surface area contributed by atoms with Crippen LogP contribution in [0.4, 0.5) is 0 Å². The van der Waals surface area contributed by atoms with Gasteiger partial charge in [-0.15, -0.1) is 0 Å². The lowest BCUT2D eigenvalue weighted by Gasteiger charge is -2.19. The standard InChI is InChI=1S/C9H18O3S/c1-8(13(10,11)12)9-6-4-2-3-5-7-9/h8-9H,2-7H2,1H3,(H,10,11,12). The lowest BCUT2D eigenvalue weighted by Crippen LogP contribution is -2.26. The third-order valence-electron chi connectivity index (χ3n) is 3.03. The Bertz CT molecular complexity index is 238. The molecule has 0 amide bonds. The second-order valence-corrected chi connectivity index (χ2v) is 5.75. The van der Waals surface area contributed by atoms with Crippen molar-refractivity contribution >= 4 is 10.1 Å². The summed E-state index contributed by atoms with van der Waals surface area (Å²) in [6.45, 7) is 1.62. The molecule has 1 aliphatic rings. The average molecular weight is 206 g/mol. The molecular weight excluding hydrogens is 188 g/mol. The molecule has 78 valence electrons. The molecule has 0 heterocycles. The first-order chi connectivity index (χ1) is 6.02. The van der Waals surface area contributed by atoms with Crippen LogP contribution in [-0.4, -0.2) is 18.2 Å². The summed E-state index contributed by atoms with van der Waals surface area (Å²) in [6, 6.07) is 0. The summed E-state index contributed by atoms with van der Waals surface area (Å²) in [7, 11) is -3.82. The van der Waals surface area contributed by atoms with E-state index in [9.17, 15) is 8.42 Å². The number of rotatable bonds is 2. The lowest BCUT2D eigenvalue weighted by atomic mass is 9.97. The molecular formula is C9H18O3S. The molecule has 1 saturated carbocycles. The van der Waals surface area contributed by atoms with Crippen LogP contribution in [-0.2, 0) is 10.1 Å². The summed E-state index contributed by atoms with van der Waals surface area (Å²) in [6.07, 6.45) is 6.50. The van der Waals surface area contributed by atoms with E-state index in [1.807, 2.05) is 0 Å². The van der Waals surface area contributed by atoms with E-state index in [4.69, 9.17) is 4.55 Å². The van der Waals surface area contributed by atoms with E-state index in [0.717, 1.165) is 25.7 Å². The van der Waals surface area contributed by atoms with E-state index < -0.39 is 15.4 Å². The van der Waals surface area contributed by atoms with Gasteiger partial charge in [0.1, 0.15) is 0 Å². The maximum atomic E-state index is 10.9. The van der Waals surface area contributed by atoms with Crippen molar-refractivity contribution in [2.24, 2.45) is 5.92 Å². The van der Waals surface area contributed by atoms with Crippen LogP contribution in [0.5, 0.6) is 0 Å². The third-order valence-corrected chi connectivity index (χ3v) is 4.36. The topological polar surface area (TPSA) is 54.4 Å². The van der Waals surface area contributed by atoms with Gasteiger partial charge in [0.15, 0.2) is 0 Å². The van der Waals surface area contributed by atoms with Gasteiger partial charge in [-0.25, -0.2) is 0 Å². The molecule has 1 rings (SSSR count). The minimum absolute atomic E-state index is 0.164. The molecule has 1 unspecified atom stereocenters. The molecule has 0 saturated heterocycles. The van der Waals surface area contributed by atoms with E-state index in [1.165, 1.54) is 12.8 Å². The van der Waals surface area contributed by atoms with Crippen LogP contribution >= 0.6 is 0 Å². The maximum Gasteiger partial charge on any atom is 0.267 e. The molecule has 1 N–H and O–H groups in total. The molecule has 3 nitrogen and oxygen atoms in total. The predicted octanol–water partition coefficient (Wildman–Crippen LogP) is 2.23. The molecule has 0 aromatic carbocycles. The van der Waals surface area contributed by atoms with Gasteiger partial charge >= 0.3 is 0 Å². The monoisotopic (exact) mass is 206 g/mol. The van der Waals surface area contributed by atoms with E-state index in [2.05, 4.69) is 0 Å². The fraction of sp³-hybridized carbons (Fsp3) is 1.00. The van der Waals surface area contributed by atoms with Crippen LogP contribution < -0.4 is 0 Å². The zero-order valence-electron chi connectivity index (χ0n) is 8.07. The molecule has 0 radical (unpaired) electrons. The van der Waals surface area contributed by atoms with Crippen molar-refractivity contribution in [2.45, 2.75) is 50.7 Å². The second kappa shape index (κ2) is 4.42. The predicted molar refractivity (Wildman–Crippen MR) is 52.2 cm³/mol. The Balaban J connectivity index is 2.59. The molecule has 0 spiro atoms. The lowest BCUT2D eigenvalue weighted by molar-refractivity contribution is 0.400. The zero-order chi connectivity index (χ0) is 9.90. The molecule has 0 aromatic heterocycles. The van der Waals surface area contributed by atoms with Gasteiger partial charge in [-0.05, 0) is 25.7 Å². The zero-order valence-corrected chi connectivity index (χ0v) is 8.89. The van der Waals surface area contributed by atoms with Crippen molar-refractivity contribution in [2.75, 3.05) is 0 Å². The van der Waals surface area contributed by atoms with Gasteiger partial charge in [-0.2, -0.15) is 8.42 Å². The minimum atomic E-state index is -3.82. The smallest absolute Gasteiger partial charge is 0.267 e. The van der Waals surface area contributed by atoms with Crippen molar-refractivity contribution in [1.82, 2.24) is 0 Å². The Morgan fingerprint density at radius 2 is 1.62 bits per heavy atom. The SMILES string of the molecule is CC(C1CCCCCC1)S(=O)(=O)O. The normalized spacial score (nSPS) is 23.8. The summed E-state index contributed by atoms with van der Waals surface area (Å²) in [5.74, 6) is 0.164. The highest BCUT2D eigenvalue weighted by molar-refractivity contribution is 7.86. The summed E-state index contributed by atoms with van der Waals surface area (Å²) in [4.78, 5) is 0. The van der Waals surface area contributed by atoms with Crippen LogP contribution in [0.2, 0.25) is 0 Å². The Kier molecular flexibility index (Phi) is 3.74. The van der Waals surface area contributed by atoms with Crippen LogP contribution in [0.3, 0.4) is 0 Å². The Hall–Kier alpha value is -0.0900. The summed E-state index contributed by atoms with van der Waals surface area (Å²) < 4.78 is 30.7.